The van der Waals surface area contributed by atoms with Gasteiger partial charge in [-0.25, -0.2) is 14.4 Å². The third kappa shape index (κ3) is 6.62. The summed E-state index contributed by atoms with van der Waals surface area (Å²) in [5.74, 6) is 1.60. The average molecular weight is 655 g/mol. The minimum absolute atomic E-state index is 0.103. The Hall–Kier alpha value is -5.20. The number of hydrogen-bond acceptors (Lipinski definition) is 13. The molecule has 7 rings (SSSR count). The van der Waals surface area contributed by atoms with Crippen molar-refractivity contribution in [2.45, 2.75) is 24.7 Å². The van der Waals surface area contributed by atoms with Crippen LogP contribution in [0.4, 0.5) is 21.7 Å². The van der Waals surface area contributed by atoms with Gasteiger partial charge in [0, 0.05) is 50.8 Å². The number of carbonyl (C=O) groups is 1. The highest BCUT2D eigenvalue weighted by Crippen LogP contribution is 2.32. The van der Waals surface area contributed by atoms with Gasteiger partial charge in [-0.2, -0.15) is 20.5 Å². The maximum absolute atomic E-state index is 15.1. The Morgan fingerprint density at radius 2 is 1.94 bits per heavy atom. The summed E-state index contributed by atoms with van der Waals surface area (Å²) in [7, 11) is 1.61. The highest BCUT2D eigenvalue weighted by Gasteiger charge is 2.35. The fourth-order valence-corrected chi connectivity index (χ4v) is 6.21. The molecule has 3 aromatic rings. The maximum atomic E-state index is 15.1. The number of hydrogen-bond donors (Lipinski definition) is 1. The molecule has 2 aromatic heterocycles. The molecule has 0 saturated carbocycles. The van der Waals surface area contributed by atoms with Gasteiger partial charge in [-0.3, -0.25) is 9.69 Å². The number of likely N-dealkylation sites (tertiary alicyclic amines) is 1. The Kier molecular flexibility index (Phi) is 9.08. The molecular weight excluding hydrogens is 619 g/mol. The second-order valence-corrected chi connectivity index (χ2v) is 12.0. The van der Waals surface area contributed by atoms with Crippen LogP contribution in [0.1, 0.15) is 12.0 Å². The van der Waals surface area contributed by atoms with E-state index >= 15 is 4.39 Å². The summed E-state index contributed by atoms with van der Waals surface area (Å²) >= 11 is 0. The van der Waals surface area contributed by atoms with Crippen molar-refractivity contribution >= 4 is 23.2 Å². The summed E-state index contributed by atoms with van der Waals surface area (Å²) in [5, 5.41) is 20.6. The number of nitriles is 1. The van der Waals surface area contributed by atoms with Crippen LogP contribution in [0.2, 0.25) is 0 Å². The summed E-state index contributed by atoms with van der Waals surface area (Å²) in [6, 6.07) is 13.4. The number of aromatic nitrogens is 3. The van der Waals surface area contributed by atoms with E-state index in [2.05, 4.69) is 46.4 Å². The number of alkyl halides is 1. The van der Waals surface area contributed by atoms with Crippen molar-refractivity contribution in [3.8, 4) is 29.0 Å². The van der Waals surface area contributed by atoms with Crippen molar-refractivity contribution in [1.82, 2.24) is 24.8 Å². The molecule has 6 heterocycles. The number of rotatable bonds is 9. The monoisotopic (exact) mass is 654 g/mol. The number of azo groups is 1. The van der Waals surface area contributed by atoms with E-state index in [4.69, 9.17) is 14.2 Å². The van der Waals surface area contributed by atoms with E-state index < -0.39 is 12.3 Å². The van der Waals surface area contributed by atoms with Crippen LogP contribution < -0.4 is 19.7 Å². The first kappa shape index (κ1) is 31.4. The quantitative estimate of drug-likeness (QED) is 0.361. The second kappa shape index (κ2) is 13.9. The number of nitrogens with zero attached hydrogens (tertiary/aromatic N) is 9. The molecule has 2 atom stereocenters. The van der Waals surface area contributed by atoms with Gasteiger partial charge in [0.25, 0.3) is 5.91 Å². The van der Waals surface area contributed by atoms with Crippen LogP contribution in [0.5, 0.6) is 11.6 Å². The smallest absolute Gasteiger partial charge is 0.253 e. The van der Waals surface area contributed by atoms with Crippen molar-refractivity contribution in [3.63, 3.8) is 0 Å². The third-order valence-corrected chi connectivity index (χ3v) is 9.00. The lowest BCUT2D eigenvalue weighted by molar-refractivity contribution is -0.130. The van der Waals surface area contributed by atoms with E-state index in [1.54, 1.807) is 31.4 Å². The van der Waals surface area contributed by atoms with Gasteiger partial charge < -0.3 is 29.3 Å². The molecular formula is C33H35FN10O4. The zero-order valence-corrected chi connectivity index (χ0v) is 26.5. The first-order valence-electron chi connectivity index (χ1n) is 15.9. The molecule has 1 aromatic carbocycles. The number of nitrogens with one attached hydrogen (secondary N) is 1. The van der Waals surface area contributed by atoms with Crippen molar-refractivity contribution in [3.05, 3.63) is 60.1 Å². The molecule has 15 heteroatoms. The molecule has 0 unspecified atom stereocenters. The lowest BCUT2D eigenvalue weighted by Gasteiger charge is -2.43. The number of ether oxygens (including phenoxy) is 3. The van der Waals surface area contributed by atoms with Gasteiger partial charge in [0.05, 0.1) is 62.5 Å². The van der Waals surface area contributed by atoms with Gasteiger partial charge >= 0.3 is 0 Å². The number of piperidine rings is 1. The van der Waals surface area contributed by atoms with E-state index in [-0.39, 0.29) is 36.7 Å². The number of pyridine rings is 1. The molecule has 48 heavy (non-hydrogen) atoms. The molecule has 4 aliphatic rings. The van der Waals surface area contributed by atoms with Crippen LogP contribution in [0, 0.1) is 11.3 Å². The van der Waals surface area contributed by atoms with Crippen LogP contribution in [-0.2, 0) is 9.53 Å². The number of benzene rings is 1. The Bertz CT molecular complexity index is 1770. The summed E-state index contributed by atoms with van der Waals surface area (Å²) in [4.78, 5) is 32.3. The molecule has 0 aliphatic carbocycles. The van der Waals surface area contributed by atoms with Gasteiger partial charge in [0.15, 0.2) is 6.17 Å². The van der Waals surface area contributed by atoms with E-state index in [9.17, 15) is 10.1 Å². The first-order chi connectivity index (χ1) is 23.5. The Morgan fingerprint density at radius 3 is 2.65 bits per heavy atom. The zero-order chi connectivity index (χ0) is 33.0. The lowest BCUT2D eigenvalue weighted by Crippen LogP contribution is -2.56. The number of piperazine rings is 1. The average Bonchev–Trinajstić information content (AvgIpc) is 3.64. The van der Waals surface area contributed by atoms with E-state index in [0.717, 1.165) is 45.1 Å². The largest absolute Gasteiger partial charge is 0.486 e. The normalized spacial score (nSPS) is 21.3. The zero-order valence-electron chi connectivity index (χ0n) is 26.5. The topological polar surface area (TPSA) is 154 Å². The second-order valence-electron chi connectivity index (χ2n) is 12.0. The van der Waals surface area contributed by atoms with Crippen LogP contribution >= 0.6 is 0 Å². The molecule has 0 radical (unpaired) electrons. The first-order valence-corrected chi connectivity index (χ1v) is 15.9. The van der Waals surface area contributed by atoms with Gasteiger partial charge in [0.1, 0.15) is 41.6 Å². The van der Waals surface area contributed by atoms with Crippen LogP contribution in [0.15, 0.2) is 64.7 Å². The summed E-state index contributed by atoms with van der Waals surface area (Å²) in [5.41, 5.74) is 2.87. The molecule has 1 N–H and O–H groups in total. The molecule has 4 aliphatic heterocycles. The van der Waals surface area contributed by atoms with E-state index in [1.807, 2.05) is 12.1 Å². The maximum Gasteiger partial charge on any atom is 0.253 e. The number of halogens is 1. The lowest BCUT2D eigenvalue weighted by atomic mass is 10.0. The van der Waals surface area contributed by atoms with E-state index in [1.165, 1.54) is 17.4 Å². The SMILES string of the molecule is COc1nc(Nc2cc(-c3ccc(O[C@H]4CCN(C(=O)C5=CN=NC5)C[C@H]4F)c(C#N)c3)ncn2)ccc1N1CCN(C2COC2)CC1. The van der Waals surface area contributed by atoms with Gasteiger partial charge in [-0.05, 0) is 30.3 Å². The molecule has 0 spiro atoms. The fraction of sp³-hybridized carbons (Fsp3) is 0.424. The molecule has 1 amide bonds. The minimum Gasteiger partial charge on any atom is -0.486 e. The highest BCUT2D eigenvalue weighted by atomic mass is 19.1. The van der Waals surface area contributed by atoms with Crippen molar-refractivity contribution in [2.75, 3.05) is 76.4 Å². The third-order valence-electron chi connectivity index (χ3n) is 9.00. The Labute approximate surface area is 276 Å². The molecule has 14 nitrogen and oxygen atoms in total. The van der Waals surface area contributed by atoms with Crippen molar-refractivity contribution in [1.29, 1.82) is 5.26 Å². The standard InChI is InChI=1S/C33H35FN10O4/c1-46-32-27(43-10-8-42(9-11-43)24-18-47-19-24)3-5-30(41-32)40-31-13-26(36-20-37-31)21-2-4-28(22(12-21)14-35)48-29-6-7-44(17-25(29)34)33(45)23-15-38-39-16-23/h2-5,12-13,15,20,24-25,29H,6-11,16-19H2,1H3,(H,36,37,40,41)/t25-,29+/m1/s1. The van der Waals surface area contributed by atoms with Gasteiger partial charge in [-0.1, -0.05) is 0 Å². The predicted octanol–water partition coefficient (Wildman–Crippen LogP) is 3.35. The fourth-order valence-electron chi connectivity index (χ4n) is 6.21. The minimum atomic E-state index is -1.42. The van der Waals surface area contributed by atoms with E-state index in [0.29, 0.717) is 46.9 Å². The summed E-state index contributed by atoms with van der Waals surface area (Å²) < 4.78 is 32.1. The van der Waals surface area contributed by atoms with Crippen LogP contribution in [0.25, 0.3) is 11.3 Å². The number of methoxy groups -OCH3 is 1. The van der Waals surface area contributed by atoms with Crippen molar-refractivity contribution < 1.29 is 23.4 Å². The molecule has 248 valence electrons. The van der Waals surface area contributed by atoms with Gasteiger partial charge in [0.2, 0.25) is 5.88 Å². The highest BCUT2D eigenvalue weighted by molar-refractivity contribution is 5.94. The summed E-state index contributed by atoms with van der Waals surface area (Å²) in [6.07, 6.45) is 0.917. The van der Waals surface area contributed by atoms with Crippen molar-refractivity contribution in [2.24, 2.45) is 10.2 Å². The molecule has 0 bridgehead atoms. The number of anilines is 3. The molecule has 3 saturated heterocycles. The van der Waals surface area contributed by atoms with Crippen LogP contribution in [-0.4, -0.2) is 115 Å². The number of amides is 1. The van der Waals surface area contributed by atoms with Crippen LogP contribution in [0.3, 0.4) is 0 Å². The number of carbonyl (C=O) groups excluding carboxylic acids is 1. The Balaban J connectivity index is 0.993. The predicted molar refractivity (Wildman–Crippen MR) is 173 cm³/mol. The Morgan fingerprint density at radius 1 is 1.08 bits per heavy atom. The summed E-state index contributed by atoms with van der Waals surface area (Å²) in [6.45, 7) is 5.76. The van der Waals surface area contributed by atoms with Gasteiger partial charge in [-0.15, -0.1) is 0 Å². The molecule has 3 fully saturated rings.